The lowest BCUT2D eigenvalue weighted by Gasteiger charge is -2.30. The van der Waals surface area contributed by atoms with Gasteiger partial charge in [-0.2, -0.15) is 0 Å². The highest BCUT2D eigenvalue weighted by Gasteiger charge is 2.37. The van der Waals surface area contributed by atoms with Crippen LogP contribution in [0.1, 0.15) is 38.7 Å². The summed E-state index contributed by atoms with van der Waals surface area (Å²) >= 11 is 0. The van der Waals surface area contributed by atoms with Gasteiger partial charge in [0, 0.05) is 5.69 Å². The third-order valence-electron chi connectivity index (χ3n) is 6.18. The Morgan fingerprint density at radius 3 is 1.92 bits per heavy atom. The SMILES string of the molecule is CC(C)(O)C(NC(=O)C(CCCCc1ccc(-c2ccccc2)cc1)C(=O)O)C(=O)Nc1ccccc1. The van der Waals surface area contributed by atoms with E-state index in [1.165, 1.54) is 13.8 Å². The lowest BCUT2D eigenvalue weighted by atomic mass is 9.94. The van der Waals surface area contributed by atoms with Crippen LogP contribution in [0.2, 0.25) is 0 Å². The molecule has 0 aliphatic rings. The first-order chi connectivity index (χ1) is 17.6. The molecule has 7 heteroatoms. The molecule has 0 saturated carbocycles. The second-order valence-corrected chi connectivity index (χ2v) is 9.65. The van der Waals surface area contributed by atoms with Gasteiger partial charge in [-0.3, -0.25) is 14.4 Å². The number of amides is 2. The normalized spacial score (nSPS) is 12.8. The van der Waals surface area contributed by atoms with E-state index < -0.39 is 35.3 Å². The highest BCUT2D eigenvalue weighted by atomic mass is 16.4. The molecule has 4 N–H and O–H groups in total. The Bertz CT molecular complexity index is 1170. The zero-order valence-electron chi connectivity index (χ0n) is 21.2. The first kappa shape index (κ1) is 27.6. The molecule has 37 heavy (non-hydrogen) atoms. The summed E-state index contributed by atoms with van der Waals surface area (Å²) in [5.74, 6) is -4.01. The summed E-state index contributed by atoms with van der Waals surface area (Å²) in [6.07, 6.45) is 2.12. The maximum absolute atomic E-state index is 12.9. The van der Waals surface area contributed by atoms with Crippen LogP contribution in [0.4, 0.5) is 5.69 Å². The molecule has 0 aliphatic carbocycles. The molecule has 0 aromatic heterocycles. The number of carboxylic acids is 1. The van der Waals surface area contributed by atoms with E-state index in [9.17, 15) is 24.6 Å². The van der Waals surface area contributed by atoms with Crippen LogP contribution in [0.25, 0.3) is 11.1 Å². The van der Waals surface area contributed by atoms with Crippen LogP contribution in [0.15, 0.2) is 84.9 Å². The molecule has 0 fully saturated rings. The van der Waals surface area contributed by atoms with Crippen LogP contribution < -0.4 is 10.6 Å². The van der Waals surface area contributed by atoms with Gasteiger partial charge in [0.1, 0.15) is 12.0 Å². The average molecular weight is 503 g/mol. The molecule has 0 heterocycles. The standard InChI is InChI=1S/C30H34N2O5/c1-30(2,37)26(28(34)31-24-14-7-4-8-15-24)32-27(33)25(29(35)36)16-10-9-11-21-17-19-23(20-18-21)22-12-5-3-6-13-22/h3-8,12-15,17-20,25-26,37H,9-11,16H2,1-2H3,(H,31,34)(H,32,33)(H,35,36). The van der Waals surface area contributed by atoms with Crippen LogP contribution >= 0.6 is 0 Å². The fourth-order valence-electron chi connectivity index (χ4n) is 4.08. The van der Waals surface area contributed by atoms with Crippen molar-refractivity contribution in [2.24, 2.45) is 5.92 Å². The highest BCUT2D eigenvalue weighted by Crippen LogP contribution is 2.21. The first-order valence-corrected chi connectivity index (χ1v) is 12.4. The second-order valence-electron chi connectivity index (χ2n) is 9.65. The quantitative estimate of drug-likeness (QED) is 0.212. The molecule has 2 atom stereocenters. The number of aliphatic carboxylic acids is 1. The Morgan fingerprint density at radius 1 is 0.784 bits per heavy atom. The molecule has 3 aromatic carbocycles. The van der Waals surface area contributed by atoms with Gasteiger partial charge in [-0.15, -0.1) is 0 Å². The summed E-state index contributed by atoms with van der Waals surface area (Å²) in [4.78, 5) is 37.5. The zero-order chi connectivity index (χ0) is 26.8. The molecule has 194 valence electrons. The van der Waals surface area contributed by atoms with E-state index in [0.717, 1.165) is 23.1 Å². The predicted octanol–water partition coefficient (Wildman–Crippen LogP) is 4.66. The smallest absolute Gasteiger partial charge is 0.316 e. The van der Waals surface area contributed by atoms with E-state index in [1.807, 2.05) is 18.2 Å². The van der Waals surface area contributed by atoms with Crippen molar-refractivity contribution < 1.29 is 24.6 Å². The molecule has 0 spiro atoms. The van der Waals surface area contributed by atoms with Crippen molar-refractivity contribution in [1.82, 2.24) is 5.32 Å². The van der Waals surface area contributed by atoms with Crippen LogP contribution in [-0.2, 0) is 20.8 Å². The lowest BCUT2D eigenvalue weighted by Crippen LogP contribution is -2.57. The average Bonchev–Trinajstić information content (AvgIpc) is 2.87. The van der Waals surface area contributed by atoms with Crippen LogP contribution in [0.5, 0.6) is 0 Å². The first-order valence-electron chi connectivity index (χ1n) is 12.4. The molecule has 0 radical (unpaired) electrons. The third kappa shape index (κ3) is 8.29. The minimum absolute atomic E-state index is 0.127. The number of carbonyl (C=O) groups excluding carboxylic acids is 2. The van der Waals surface area contributed by atoms with E-state index in [4.69, 9.17) is 0 Å². The van der Waals surface area contributed by atoms with E-state index in [0.29, 0.717) is 18.5 Å². The number of carbonyl (C=O) groups is 3. The van der Waals surface area contributed by atoms with Gasteiger partial charge in [0.05, 0.1) is 5.60 Å². The molecular weight excluding hydrogens is 468 g/mol. The van der Waals surface area contributed by atoms with Crippen LogP contribution in [0.3, 0.4) is 0 Å². The van der Waals surface area contributed by atoms with Crippen molar-refractivity contribution >= 4 is 23.5 Å². The number of para-hydroxylation sites is 1. The molecule has 0 saturated heterocycles. The summed E-state index contributed by atoms with van der Waals surface area (Å²) in [7, 11) is 0. The molecule has 3 rings (SSSR count). The number of rotatable bonds is 12. The van der Waals surface area contributed by atoms with Crippen molar-refractivity contribution in [3.63, 3.8) is 0 Å². The van der Waals surface area contributed by atoms with Crippen molar-refractivity contribution in [1.29, 1.82) is 0 Å². The van der Waals surface area contributed by atoms with Gasteiger partial charge < -0.3 is 20.8 Å². The fourth-order valence-corrected chi connectivity index (χ4v) is 4.08. The fraction of sp³-hybridized carbons (Fsp3) is 0.300. The number of aryl methyl sites for hydroxylation is 1. The van der Waals surface area contributed by atoms with Crippen molar-refractivity contribution in [3.8, 4) is 11.1 Å². The van der Waals surface area contributed by atoms with Crippen molar-refractivity contribution in [2.75, 3.05) is 5.32 Å². The maximum Gasteiger partial charge on any atom is 0.316 e. The van der Waals surface area contributed by atoms with Gasteiger partial charge in [-0.05, 0) is 61.9 Å². The number of unbranched alkanes of at least 4 members (excludes halogenated alkanes) is 1. The largest absolute Gasteiger partial charge is 0.481 e. The zero-order valence-corrected chi connectivity index (χ0v) is 21.2. The van der Waals surface area contributed by atoms with Crippen LogP contribution in [-0.4, -0.2) is 39.6 Å². The number of hydrogen-bond acceptors (Lipinski definition) is 4. The van der Waals surface area contributed by atoms with Gasteiger partial charge in [-0.1, -0.05) is 79.2 Å². The van der Waals surface area contributed by atoms with E-state index >= 15 is 0 Å². The Balaban J connectivity index is 1.54. The molecule has 0 bridgehead atoms. The minimum Gasteiger partial charge on any atom is -0.481 e. The van der Waals surface area contributed by atoms with Crippen LogP contribution in [0, 0.1) is 5.92 Å². The molecule has 2 unspecified atom stereocenters. The monoisotopic (exact) mass is 502 g/mol. The van der Waals surface area contributed by atoms with Gasteiger partial charge in [0.15, 0.2) is 0 Å². The third-order valence-corrected chi connectivity index (χ3v) is 6.18. The number of hydrogen-bond donors (Lipinski definition) is 4. The topological polar surface area (TPSA) is 116 Å². The van der Waals surface area contributed by atoms with Gasteiger partial charge >= 0.3 is 5.97 Å². The van der Waals surface area contributed by atoms with Gasteiger partial charge in [0.2, 0.25) is 11.8 Å². The Labute approximate surface area is 217 Å². The molecule has 0 aliphatic heterocycles. The Kier molecular flexibility index (Phi) is 9.57. The van der Waals surface area contributed by atoms with Gasteiger partial charge in [0.25, 0.3) is 0 Å². The molecule has 7 nitrogen and oxygen atoms in total. The number of nitrogens with one attached hydrogen (secondary N) is 2. The van der Waals surface area contributed by atoms with E-state index in [-0.39, 0.29) is 6.42 Å². The van der Waals surface area contributed by atoms with Crippen molar-refractivity contribution in [2.45, 2.75) is 51.2 Å². The maximum atomic E-state index is 12.9. The van der Waals surface area contributed by atoms with E-state index in [2.05, 4.69) is 47.0 Å². The molecular formula is C30H34N2O5. The molecule has 2 amide bonds. The summed E-state index contributed by atoms with van der Waals surface area (Å²) < 4.78 is 0. The Morgan fingerprint density at radius 2 is 1.35 bits per heavy atom. The van der Waals surface area contributed by atoms with Gasteiger partial charge in [-0.25, -0.2) is 0 Å². The predicted molar refractivity (Wildman–Crippen MR) is 144 cm³/mol. The number of anilines is 1. The minimum atomic E-state index is -1.61. The highest BCUT2D eigenvalue weighted by molar-refractivity contribution is 6.02. The summed E-state index contributed by atoms with van der Waals surface area (Å²) in [5, 5.41) is 25.3. The van der Waals surface area contributed by atoms with E-state index in [1.54, 1.807) is 30.3 Å². The second kappa shape index (κ2) is 12.8. The number of carboxylic acid groups (broad SMARTS) is 1. The number of benzene rings is 3. The number of aliphatic hydroxyl groups is 1. The van der Waals surface area contributed by atoms with Crippen molar-refractivity contribution in [3.05, 3.63) is 90.5 Å². The molecule has 3 aromatic rings. The summed E-state index contributed by atoms with van der Waals surface area (Å²) in [6.45, 7) is 2.78. The lowest BCUT2D eigenvalue weighted by molar-refractivity contribution is -0.149. The summed E-state index contributed by atoms with van der Waals surface area (Å²) in [5.41, 5.74) is 2.30. The Hall–Kier alpha value is -3.97. The summed E-state index contributed by atoms with van der Waals surface area (Å²) in [6, 6.07) is 25.6.